The van der Waals surface area contributed by atoms with Gasteiger partial charge in [-0.05, 0) is 30.2 Å². The molecule has 0 aliphatic carbocycles. The Morgan fingerprint density at radius 2 is 2.21 bits per heavy atom. The highest BCUT2D eigenvalue weighted by molar-refractivity contribution is 5.93. The maximum absolute atomic E-state index is 11.2. The minimum absolute atomic E-state index is 0.0646. The van der Waals surface area contributed by atoms with E-state index in [0.717, 1.165) is 23.3 Å². The Labute approximate surface area is 111 Å². The molecule has 0 saturated carbocycles. The summed E-state index contributed by atoms with van der Waals surface area (Å²) in [5.74, 6) is -0.213. The number of nitrogens with zero attached hydrogens (tertiary/aromatic N) is 2. The number of hydrogen-bond donors (Lipinski definition) is 1. The van der Waals surface area contributed by atoms with E-state index in [4.69, 9.17) is 9.84 Å². The fourth-order valence-corrected chi connectivity index (χ4v) is 2.13. The lowest BCUT2D eigenvalue weighted by atomic mass is 10.0. The smallest absolute Gasteiger partial charge is 0.356 e. The first-order valence-electron chi connectivity index (χ1n) is 6.00. The summed E-state index contributed by atoms with van der Waals surface area (Å²) < 4.78 is 6.99. The molecule has 0 spiro atoms. The van der Waals surface area contributed by atoms with E-state index in [9.17, 15) is 4.79 Å². The zero-order valence-corrected chi connectivity index (χ0v) is 11.2. The summed E-state index contributed by atoms with van der Waals surface area (Å²) in [7, 11) is 3.41. The Morgan fingerprint density at radius 3 is 2.79 bits per heavy atom. The molecular formula is C14H16N2O3. The molecule has 0 fully saturated rings. The van der Waals surface area contributed by atoms with Crippen LogP contribution in [-0.4, -0.2) is 27.7 Å². The molecule has 0 aliphatic heterocycles. The highest BCUT2D eigenvalue weighted by Crippen LogP contribution is 2.28. The number of hydrogen-bond acceptors (Lipinski definition) is 3. The van der Waals surface area contributed by atoms with Crippen molar-refractivity contribution >= 4 is 5.97 Å². The third-order valence-corrected chi connectivity index (χ3v) is 3.07. The maximum atomic E-state index is 11.2. The van der Waals surface area contributed by atoms with E-state index in [0.29, 0.717) is 5.69 Å². The Morgan fingerprint density at radius 1 is 1.47 bits per heavy atom. The fraction of sp³-hybridized carbons (Fsp3) is 0.286. The summed E-state index contributed by atoms with van der Waals surface area (Å²) in [6.45, 7) is 2.03. The molecule has 0 atom stereocenters. The zero-order chi connectivity index (χ0) is 14.0. The highest BCUT2D eigenvalue weighted by Gasteiger charge is 2.18. The number of carboxylic acids is 1. The molecule has 0 radical (unpaired) electrons. The summed E-state index contributed by atoms with van der Waals surface area (Å²) in [5, 5.41) is 9.17. The van der Waals surface area contributed by atoms with E-state index < -0.39 is 5.97 Å². The van der Waals surface area contributed by atoms with Crippen molar-refractivity contribution < 1.29 is 14.6 Å². The van der Waals surface area contributed by atoms with Crippen LogP contribution in [0.15, 0.2) is 24.5 Å². The molecule has 0 aliphatic rings. The number of carbonyl (C=O) groups is 1. The minimum atomic E-state index is -1.02. The van der Waals surface area contributed by atoms with Gasteiger partial charge in [0.2, 0.25) is 0 Å². The monoisotopic (exact) mass is 260 g/mol. The molecule has 1 aromatic carbocycles. The van der Waals surface area contributed by atoms with Crippen LogP contribution in [0.2, 0.25) is 0 Å². The van der Waals surface area contributed by atoms with Crippen LogP contribution in [0.3, 0.4) is 0 Å². The van der Waals surface area contributed by atoms with Crippen LogP contribution < -0.4 is 4.74 Å². The average molecular weight is 260 g/mol. The van der Waals surface area contributed by atoms with Crippen molar-refractivity contribution in [2.24, 2.45) is 7.05 Å². The van der Waals surface area contributed by atoms with Crippen LogP contribution in [-0.2, 0) is 13.5 Å². The summed E-state index contributed by atoms with van der Waals surface area (Å²) in [5.41, 5.74) is 2.53. The van der Waals surface area contributed by atoms with Crippen LogP contribution in [0.25, 0.3) is 11.3 Å². The second kappa shape index (κ2) is 5.14. The van der Waals surface area contributed by atoms with E-state index in [-0.39, 0.29) is 5.69 Å². The van der Waals surface area contributed by atoms with Gasteiger partial charge in [0, 0.05) is 12.6 Å². The summed E-state index contributed by atoms with van der Waals surface area (Å²) in [6, 6.07) is 5.65. The van der Waals surface area contributed by atoms with E-state index in [1.807, 2.05) is 25.1 Å². The van der Waals surface area contributed by atoms with Crippen molar-refractivity contribution in [3.8, 4) is 17.0 Å². The number of benzene rings is 1. The predicted molar refractivity (Wildman–Crippen MR) is 71.5 cm³/mol. The standard InChI is InChI=1S/C14H16N2O3/c1-4-9-7-10(5-6-11(9)19-3)13-12(14(17)18)15-8-16(13)2/h5-8H,4H2,1-3H3,(H,17,18). The van der Waals surface area contributed by atoms with Gasteiger partial charge >= 0.3 is 5.97 Å². The zero-order valence-electron chi connectivity index (χ0n) is 11.2. The first-order chi connectivity index (χ1) is 9.08. The van der Waals surface area contributed by atoms with Gasteiger partial charge < -0.3 is 14.4 Å². The van der Waals surface area contributed by atoms with Crippen LogP contribution in [0.5, 0.6) is 5.75 Å². The van der Waals surface area contributed by atoms with Crippen molar-refractivity contribution in [1.82, 2.24) is 9.55 Å². The number of methoxy groups -OCH3 is 1. The fourth-order valence-electron chi connectivity index (χ4n) is 2.13. The lowest BCUT2D eigenvalue weighted by molar-refractivity contribution is 0.0692. The first-order valence-corrected chi connectivity index (χ1v) is 6.00. The molecule has 19 heavy (non-hydrogen) atoms. The number of aromatic nitrogens is 2. The summed E-state index contributed by atoms with van der Waals surface area (Å²) in [6.07, 6.45) is 2.33. The Balaban J connectivity index is 2.59. The average Bonchev–Trinajstić information content (AvgIpc) is 2.80. The molecule has 2 aromatic rings. The third-order valence-electron chi connectivity index (χ3n) is 3.07. The number of ether oxygens (including phenoxy) is 1. The Kier molecular flexibility index (Phi) is 3.55. The summed E-state index contributed by atoms with van der Waals surface area (Å²) >= 11 is 0. The molecule has 1 N–H and O–H groups in total. The first kappa shape index (κ1) is 13.1. The predicted octanol–water partition coefficient (Wildman–Crippen LogP) is 2.36. The van der Waals surface area contributed by atoms with Crippen molar-refractivity contribution in [2.75, 3.05) is 7.11 Å². The molecule has 1 heterocycles. The van der Waals surface area contributed by atoms with Gasteiger partial charge in [-0.2, -0.15) is 0 Å². The number of imidazole rings is 1. The number of aryl methyl sites for hydroxylation is 2. The lowest BCUT2D eigenvalue weighted by Crippen LogP contribution is -2.02. The van der Waals surface area contributed by atoms with Crippen LogP contribution in [0, 0.1) is 0 Å². The highest BCUT2D eigenvalue weighted by atomic mass is 16.5. The van der Waals surface area contributed by atoms with Gasteiger partial charge in [0.25, 0.3) is 0 Å². The largest absolute Gasteiger partial charge is 0.496 e. The molecule has 1 aromatic heterocycles. The Bertz CT molecular complexity index is 617. The molecule has 100 valence electrons. The lowest BCUT2D eigenvalue weighted by Gasteiger charge is -2.10. The topological polar surface area (TPSA) is 64.3 Å². The van der Waals surface area contributed by atoms with Gasteiger partial charge in [0.15, 0.2) is 5.69 Å². The van der Waals surface area contributed by atoms with E-state index in [2.05, 4.69) is 4.98 Å². The SMILES string of the molecule is CCc1cc(-c2c(C(=O)O)ncn2C)ccc1OC. The van der Waals surface area contributed by atoms with Crippen molar-refractivity contribution in [2.45, 2.75) is 13.3 Å². The number of carboxylic acid groups (broad SMARTS) is 1. The molecule has 0 unspecified atom stereocenters. The van der Waals surface area contributed by atoms with E-state index >= 15 is 0 Å². The normalized spacial score (nSPS) is 10.5. The molecule has 0 bridgehead atoms. The number of aromatic carboxylic acids is 1. The van der Waals surface area contributed by atoms with Gasteiger partial charge in [-0.1, -0.05) is 6.92 Å². The number of rotatable bonds is 4. The second-order valence-corrected chi connectivity index (χ2v) is 4.24. The Hall–Kier alpha value is -2.30. The van der Waals surface area contributed by atoms with Gasteiger partial charge in [-0.3, -0.25) is 0 Å². The quantitative estimate of drug-likeness (QED) is 0.916. The van der Waals surface area contributed by atoms with Gasteiger partial charge in [-0.15, -0.1) is 0 Å². The summed E-state index contributed by atoms with van der Waals surface area (Å²) in [4.78, 5) is 15.1. The van der Waals surface area contributed by atoms with E-state index in [1.165, 1.54) is 6.33 Å². The van der Waals surface area contributed by atoms with Gasteiger partial charge in [0.05, 0.1) is 19.1 Å². The van der Waals surface area contributed by atoms with Crippen LogP contribution >= 0.6 is 0 Å². The third kappa shape index (κ3) is 2.31. The van der Waals surface area contributed by atoms with Crippen LogP contribution in [0.1, 0.15) is 23.0 Å². The minimum Gasteiger partial charge on any atom is -0.496 e. The second-order valence-electron chi connectivity index (χ2n) is 4.24. The maximum Gasteiger partial charge on any atom is 0.356 e. The molecule has 5 nitrogen and oxygen atoms in total. The van der Waals surface area contributed by atoms with Crippen molar-refractivity contribution in [3.63, 3.8) is 0 Å². The van der Waals surface area contributed by atoms with Crippen molar-refractivity contribution in [3.05, 3.63) is 35.8 Å². The molecule has 0 amide bonds. The van der Waals surface area contributed by atoms with Crippen molar-refractivity contribution in [1.29, 1.82) is 0 Å². The van der Waals surface area contributed by atoms with Crippen LogP contribution in [0.4, 0.5) is 0 Å². The van der Waals surface area contributed by atoms with Gasteiger partial charge in [-0.25, -0.2) is 9.78 Å². The van der Waals surface area contributed by atoms with E-state index in [1.54, 1.807) is 18.7 Å². The molecule has 0 saturated heterocycles. The molecule has 5 heteroatoms. The van der Waals surface area contributed by atoms with Gasteiger partial charge in [0.1, 0.15) is 5.75 Å². The molecule has 2 rings (SSSR count). The molecular weight excluding hydrogens is 244 g/mol.